The Hall–Kier alpha value is -2.91. The maximum atomic E-state index is 11.7. The molecule has 3 heteroatoms. The van der Waals surface area contributed by atoms with Gasteiger partial charge >= 0.3 is 0 Å². The van der Waals surface area contributed by atoms with Crippen LogP contribution in [-0.2, 0) is 24.6 Å². The van der Waals surface area contributed by atoms with Gasteiger partial charge in [0.2, 0.25) is 0 Å². The molecule has 3 nitrogen and oxygen atoms in total. The van der Waals surface area contributed by atoms with E-state index < -0.39 is 0 Å². The molecule has 0 aliphatic rings. The number of rotatable bonds is 8. The van der Waals surface area contributed by atoms with Crippen molar-refractivity contribution in [3.05, 3.63) is 101 Å². The van der Waals surface area contributed by atoms with Crippen molar-refractivity contribution in [2.75, 3.05) is 0 Å². The van der Waals surface area contributed by atoms with Gasteiger partial charge in [-0.1, -0.05) is 60.7 Å². The summed E-state index contributed by atoms with van der Waals surface area (Å²) in [4.78, 5) is 11.7. The van der Waals surface area contributed by atoms with Crippen molar-refractivity contribution >= 4 is 5.78 Å². The number of carbonyl (C=O) groups is 1. The van der Waals surface area contributed by atoms with Crippen LogP contribution in [0.1, 0.15) is 34.0 Å². The standard InChI is InChI=1S/C23H22O3/c1-18(24)21-12-13-23(26-16-20-10-6-3-7-11-20)22(14-21)17-25-15-19-8-4-2-5-9-19/h2-14H,15-17H2,1H3. The Morgan fingerprint density at radius 1 is 0.769 bits per heavy atom. The molecule has 0 spiro atoms. The summed E-state index contributed by atoms with van der Waals surface area (Å²) in [6, 6.07) is 25.5. The molecular weight excluding hydrogens is 324 g/mol. The number of ether oxygens (including phenoxy) is 2. The molecule has 0 bridgehead atoms. The molecule has 0 aliphatic carbocycles. The molecular formula is C23H22O3. The summed E-state index contributed by atoms with van der Waals surface area (Å²) in [5.74, 6) is 0.774. The molecule has 0 radical (unpaired) electrons. The van der Waals surface area contributed by atoms with Crippen molar-refractivity contribution in [1.29, 1.82) is 0 Å². The Kier molecular flexibility index (Phi) is 6.18. The number of Topliss-reactive ketones (excluding diaryl/α,β-unsaturated/α-hetero) is 1. The summed E-state index contributed by atoms with van der Waals surface area (Å²) in [5, 5.41) is 0. The predicted molar refractivity (Wildman–Crippen MR) is 102 cm³/mol. The number of benzene rings is 3. The lowest BCUT2D eigenvalue weighted by Gasteiger charge is -2.13. The third-order valence-corrected chi connectivity index (χ3v) is 4.07. The van der Waals surface area contributed by atoms with Crippen LogP contribution in [0.3, 0.4) is 0 Å². The maximum absolute atomic E-state index is 11.7. The van der Waals surface area contributed by atoms with Crippen molar-refractivity contribution < 1.29 is 14.3 Å². The van der Waals surface area contributed by atoms with E-state index in [9.17, 15) is 4.79 Å². The van der Waals surface area contributed by atoms with Crippen molar-refractivity contribution in [2.24, 2.45) is 0 Å². The molecule has 0 unspecified atom stereocenters. The smallest absolute Gasteiger partial charge is 0.159 e. The Balaban J connectivity index is 1.70. The summed E-state index contributed by atoms with van der Waals surface area (Å²) in [6.45, 7) is 2.95. The van der Waals surface area contributed by atoms with E-state index in [0.29, 0.717) is 25.4 Å². The highest BCUT2D eigenvalue weighted by atomic mass is 16.5. The van der Waals surface area contributed by atoms with E-state index in [0.717, 1.165) is 22.4 Å². The third kappa shape index (κ3) is 5.04. The molecule has 0 saturated carbocycles. The van der Waals surface area contributed by atoms with Crippen molar-refractivity contribution in [1.82, 2.24) is 0 Å². The Morgan fingerprint density at radius 2 is 1.38 bits per heavy atom. The monoisotopic (exact) mass is 346 g/mol. The molecule has 3 aromatic rings. The molecule has 132 valence electrons. The first-order chi connectivity index (χ1) is 12.7. The summed E-state index contributed by atoms with van der Waals surface area (Å²) < 4.78 is 11.8. The molecule has 3 rings (SSSR count). The summed E-state index contributed by atoms with van der Waals surface area (Å²) in [7, 11) is 0. The average molecular weight is 346 g/mol. The van der Waals surface area contributed by atoms with Crippen molar-refractivity contribution in [2.45, 2.75) is 26.7 Å². The van der Waals surface area contributed by atoms with Gasteiger partial charge in [0.05, 0.1) is 13.2 Å². The minimum absolute atomic E-state index is 0.0314. The van der Waals surface area contributed by atoms with E-state index in [1.165, 1.54) is 0 Å². The average Bonchev–Trinajstić information content (AvgIpc) is 2.68. The zero-order valence-corrected chi connectivity index (χ0v) is 14.9. The molecule has 0 atom stereocenters. The van der Waals surface area contributed by atoms with Gasteiger partial charge in [0.15, 0.2) is 5.78 Å². The third-order valence-electron chi connectivity index (χ3n) is 4.07. The lowest BCUT2D eigenvalue weighted by Crippen LogP contribution is -2.03. The van der Waals surface area contributed by atoms with Gasteiger partial charge in [-0.05, 0) is 36.2 Å². The molecule has 26 heavy (non-hydrogen) atoms. The lowest BCUT2D eigenvalue weighted by molar-refractivity contribution is 0.101. The normalized spacial score (nSPS) is 10.5. The van der Waals surface area contributed by atoms with E-state index in [1.54, 1.807) is 13.0 Å². The van der Waals surface area contributed by atoms with Crippen LogP contribution in [0.15, 0.2) is 78.9 Å². The Bertz CT molecular complexity index is 842. The van der Waals surface area contributed by atoms with E-state index in [-0.39, 0.29) is 5.78 Å². The molecule has 0 saturated heterocycles. The fraction of sp³-hybridized carbons (Fsp3) is 0.174. The van der Waals surface area contributed by atoms with Crippen molar-refractivity contribution in [3.63, 3.8) is 0 Å². The first-order valence-corrected chi connectivity index (χ1v) is 8.64. The highest BCUT2D eigenvalue weighted by molar-refractivity contribution is 5.94. The SMILES string of the molecule is CC(=O)c1ccc(OCc2ccccc2)c(COCc2ccccc2)c1. The summed E-state index contributed by atoms with van der Waals surface area (Å²) in [6.07, 6.45) is 0. The zero-order valence-electron chi connectivity index (χ0n) is 14.9. The number of ketones is 1. The minimum Gasteiger partial charge on any atom is -0.489 e. The second-order valence-electron chi connectivity index (χ2n) is 6.13. The van der Waals surface area contributed by atoms with E-state index in [4.69, 9.17) is 9.47 Å². The first-order valence-electron chi connectivity index (χ1n) is 8.64. The lowest BCUT2D eigenvalue weighted by atomic mass is 10.1. The van der Waals surface area contributed by atoms with Gasteiger partial charge in [0.25, 0.3) is 0 Å². The molecule has 0 amide bonds. The number of carbonyl (C=O) groups excluding carboxylic acids is 1. The van der Waals surface area contributed by atoms with Gasteiger partial charge in [0, 0.05) is 11.1 Å². The van der Waals surface area contributed by atoms with Crippen LogP contribution in [0.25, 0.3) is 0 Å². The van der Waals surface area contributed by atoms with Crippen LogP contribution >= 0.6 is 0 Å². The molecule has 0 aliphatic heterocycles. The molecule has 3 aromatic carbocycles. The van der Waals surface area contributed by atoms with Gasteiger partial charge in [-0.3, -0.25) is 4.79 Å². The fourth-order valence-electron chi connectivity index (χ4n) is 2.64. The number of hydrogen-bond acceptors (Lipinski definition) is 3. The first kappa shape index (κ1) is 17.9. The Morgan fingerprint density at radius 3 is 2.00 bits per heavy atom. The molecule has 0 fully saturated rings. The van der Waals surface area contributed by atoms with Crippen LogP contribution < -0.4 is 4.74 Å². The second-order valence-corrected chi connectivity index (χ2v) is 6.13. The van der Waals surface area contributed by atoms with Crippen LogP contribution in [0.5, 0.6) is 5.75 Å². The fourth-order valence-corrected chi connectivity index (χ4v) is 2.64. The van der Waals surface area contributed by atoms with Gasteiger partial charge < -0.3 is 9.47 Å². The topological polar surface area (TPSA) is 35.5 Å². The van der Waals surface area contributed by atoms with Gasteiger partial charge in [-0.25, -0.2) is 0 Å². The summed E-state index contributed by atoms with van der Waals surface area (Å²) >= 11 is 0. The molecule has 0 heterocycles. The van der Waals surface area contributed by atoms with Crippen molar-refractivity contribution in [3.8, 4) is 5.75 Å². The van der Waals surface area contributed by atoms with Crippen LogP contribution in [-0.4, -0.2) is 5.78 Å². The molecule has 0 aromatic heterocycles. The zero-order chi connectivity index (χ0) is 18.2. The second kappa shape index (κ2) is 8.97. The highest BCUT2D eigenvalue weighted by Crippen LogP contribution is 2.23. The quantitative estimate of drug-likeness (QED) is 0.527. The minimum atomic E-state index is 0.0314. The molecule has 0 N–H and O–H groups in total. The number of hydrogen-bond donors (Lipinski definition) is 0. The highest BCUT2D eigenvalue weighted by Gasteiger charge is 2.09. The largest absolute Gasteiger partial charge is 0.489 e. The summed E-state index contributed by atoms with van der Waals surface area (Å²) in [5.41, 5.74) is 3.75. The van der Waals surface area contributed by atoms with Gasteiger partial charge in [-0.2, -0.15) is 0 Å². The van der Waals surface area contributed by atoms with Gasteiger partial charge in [0.1, 0.15) is 12.4 Å². The Labute approximate surface area is 154 Å². The van der Waals surface area contributed by atoms with Crippen LogP contribution in [0, 0.1) is 0 Å². The van der Waals surface area contributed by atoms with E-state index in [1.807, 2.05) is 72.8 Å². The van der Waals surface area contributed by atoms with E-state index in [2.05, 4.69) is 0 Å². The predicted octanol–water partition coefficient (Wildman–Crippen LogP) is 5.19. The van der Waals surface area contributed by atoms with Crippen LogP contribution in [0.2, 0.25) is 0 Å². The maximum Gasteiger partial charge on any atom is 0.159 e. The van der Waals surface area contributed by atoms with Gasteiger partial charge in [-0.15, -0.1) is 0 Å². The van der Waals surface area contributed by atoms with E-state index >= 15 is 0 Å². The van der Waals surface area contributed by atoms with Crippen LogP contribution in [0.4, 0.5) is 0 Å².